The van der Waals surface area contributed by atoms with Gasteiger partial charge < -0.3 is 4.74 Å². The summed E-state index contributed by atoms with van der Waals surface area (Å²) in [6, 6.07) is 15.0. The van der Waals surface area contributed by atoms with Crippen molar-refractivity contribution in [1.82, 2.24) is 24.5 Å². The van der Waals surface area contributed by atoms with E-state index >= 15 is 0 Å². The van der Waals surface area contributed by atoms with Gasteiger partial charge in [-0.2, -0.15) is 0 Å². The zero-order valence-corrected chi connectivity index (χ0v) is 15.3. The van der Waals surface area contributed by atoms with Crippen molar-refractivity contribution < 1.29 is 4.74 Å². The van der Waals surface area contributed by atoms with E-state index in [1.54, 1.807) is 11.8 Å². The molecule has 8 heteroatoms. The average molecular weight is 382 g/mol. The van der Waals surface area contributed by atoms with Crippen LogP contribution in [0.2, 0.25) is 5.02 Å². The van der Waals surface area contributed by atoms with Crippen LogP contribution in [0.25, 0.3) is 11.2 Å². The van der Waals surface area contributed by atoms with Crippen LogP contribution in [-0.2, 0) is 13.1 Å². The predicted octanol–water partition coefficient (Wildman–Crippen LogP) is 2.75. The summed E-state index contributed by atoms with van der Waals surface area (Å²) >= 11 is 6.20. The molecule has 4 aromatic rings. The van der Waals surface area contributed by atoms with Crippen molar-refractivity contribution >= 4 is 22.8 Å². The molecule has 0 aliphatic carbocycles. The first-order valence-corrected chi connectivity index (χ1v) is 8.68. The maximum absolute atomic E-state index is 12.7. The van der Waals surface area contributed by atoms with Gasteiger partial charge in [-0.25, -0.2) is 9.67 Å². The van der Waals surface area contributed by atoms with E-state index in [-0.39, 0.29) is 11.1 Å². The Balaban J connectivity index is 1.65. The van der Waals surface area contributed by atoms with E-state index in [0.717, 1.165) is 16.9 Å². The number of fused-ring (bicyclic) bond motifs is 1. The Kier molecular flexibility index (Phi) is 4.60. The molecule has 136 valence electrons. The van der Waals surface area contributed by atoms with Crippen molar-refractivity contribution in [3.05, 3.63) is 81.4 Å². The number of nitrogens with zero attached hydrogens (tertiary/aromatic N) is 5. The van der Waals surface area contributed by atoms with E-state index in [1.165, 1.54) is 10.9 Å². The minimum Gasteiger partial charge on any atom is -0.497 e. The Morgan fingerprint density at radius 1 is 1.07 bits per heavy atom. The van der Waals surface area contributed by atoms with E-state index in [9.17, 15) is 4.79 Å². The van der Waals surface area contributed by atoms with Crippen LogP contribution in [0, 0.1) is 0 Å². The van der Waals surface area contributed by atoms with Crippen molar-refractivity contribution in [3.63, 3.8) is 0 Å². The number of hydrogen-bond acceptors (Lipinski definition) is 5. The first kappa shape index (κ1) is 17.2. The Hall–Kier alpha value is -3.19. The summed E-state index contributed by atoms with van der Waals surface area (Å²) in [6.45, 7) is 0.786. The van der Waals surface area contributed by atoms with E-state index < -0.39 is 0 Å². The SMILES string of the molecule is COc1ccc(Cn2cnc3c(nnn3Cc3ccccc3Cl)c2=O)cc1. The number of rotatable bonds is 5. The van der Waals surface area contributed by atoms with Gasteiger partial charge in [-0.15, -0.1) is 5.10 Å². The number of benzene rings is 2. The van der Waals surface area contributed by atoms with Gasteiger partial charge >= 0.3 is 0 Å². The lowest BCUT2D eigenvalue weighted by Gasteiger charge is -2.07. The molecule has 0 aliphatic heterocycles. The molecule has 0 spiro atoms. The summed E-state index contributed by atoms with van der Waals surface area (Å²) < 4.78 is 8.24. The zero-order chi connectivity index (χ0) is 18.8. The van der Waals surface area contributed by atoms with E-state index in [2.05, 4.69) is 15.3 Å². The zero-order valence-electron chi connectivity index (χ0n) is 14.5. The van der Waals surface area contributed by atoms with E-state index in [1.807, 2.05) is 48.5 Å². The number of methoxy groups -OCH3 is 1. The molecule has 0 saturated heterocycles. The van der Waals surface area contributed by atoms with Gasteiger partial charge in [0, 0.05) is 5.02 Å². The molecule has 0 atom stereocenters. The van der Waals surface area contributed by atoms with Crippen LogP contribution in [-0.4, -0.2) is 31.7 Å². The molecule has 27 heavy (non-hydrogen) atoms. The minimum atomic E-state index is -0.235. The highest BCUT2D eigenvalue weighted by atomic mass is 35.5. The highest BCUT2D eigenvalue weighted by molar-refractivity contribution is 6.31. The van der Waals surface area contributed by atoms with Gasteiger partial charge in [-0.1, -0.05) is 47.1 Å². The van der Waals surface area contributed by atoms with Crippen LogP contribution < -0.4 is 10.3 Å². The van der Waals surface area contributed by atoms with Gasteiger partial charge in [0.05, 0.1) is 20.2 Å². The highest BCUT2D eigenvalue weighted by Crippen LogP contribution is 2.17. The van der Waals surface area contributed by atoms with Crippen molar-refractivity contribution in [2.75, 3.05) is 7.11 Å². The molecule has 2 aromatic heterocycles. The van der Waals surface area contributed by atoms with Crippen LogP contribution in [0.5, 0.6) is 5.75 Å². The Morgan fingerprint density at radius 2 is 1.85 bits per heavy atom. The highest BCUT2D eigenvalue weighted by Gasteiger charge is 2.13. The van der Waals surface area contributed by atoms with Crippen molar-refractivity contribution in [1.29, 1.82) is 0 Å². The molecule has 0 N–H and O–H groups in total. The van der Waals surface area contributed by atoms with Gasteiger partial charge in [0.2, 0.25) is 0 Å². The van der Waals surface area contributed by atoms with Crippen LogP contribution in [0.15, 0.2) is 59.7 Å². The second-order valence-electron chi connectivity index (χ2n) is 6.04. The van der Waals surface area contributed by atoms with Crippen LogP contribution >= 0.6 is 11.6 Å². The summed E-state index contributed by atoms with van der Waals surface area (Å²) in [5, 5.41) is 8.74. The summed E-state index contributed by atoms with van der Waals surface area (Å²) in [5.41, 5.74) is 2.28. The molecule has 0 amide bonds. The molecule has 2 aromatic carbocycles. The van der Waals surface area contributed by atoms with Gasteiger partial charge in [0.25, 0.3) is 5.56 Å². The van der Waals surface area contributed by atoms with Gasteiger partial charge in [0.1, 0.15) is 12.1 Å². The van der Waals surface area contributed by atoms with E-state index in [0.29, 0.717) is 23.8 Å². The maximum atomic E-state index is 12.7. The van der Waals surface area contributed by atoms with Crippen LogP contribution in [0.3, 0.4) is 0 Å². The second-order valence-corrected chi connectivity index (χ2v) is 6.44. The fraction of sp³-hybridized carbons (Fsp3) is 0.158. The normalized spacial score (nSPS) is 11.0. The molecule has 2 heterocycles. The largest absolute Gasteiger partial charge is 0.497 e. The quantitative estimate of drug-likeness (QED) is 0.531. The summed E-state index contributed by atoms with van der Waals surface area (Å²) in [5.74, 6) is 0.766. The standard InChI is InChI=1S/C19H16ClN5O2/c1-27-15-8-6-13(7-9-15)10-24-12-21-18-17(19(24)26)22-23-25(18)11-14-4-2-3-5-16(14)20/h2-9,12H,10-11H2,1H3. The maximum Gasteiger partial charge on any atom is 0.283 e. The molecular formula is C19H16ClN5O2. The van der Waals surface area contributed by atoms with Gasteiger partial charge in [-0.05, 0) is 29.3 Å². The summed E-state index contributed by atoms with van der Waals surface area (Å²) in [6.07, 6.45) is 1.52. The molecule has 7 nitrogen and oxygen atoms in total. The molecule has 0 aliphatic rings. The predicted molar refractivity (Wildman–Crippen MR) is 102 cm³/mol. The molecule has 0 radical (unpaired) electrons. The minimum absolute atomic E-state index is 0.234. The monoisotopic (exact) mass is 381 g/mol. The molecule has 0 bridgehead atoms. The number of ether oxygens (including phenoxy) is 1. The smallest absolute Gasteiger partial charge is 0.283 e. The fourth-order valence-corrected chi connectivity index (χ4v) is 3.02. The Bertz CT molecular complexity index is 1150. The van der Waals surface area contributed by atoms with Gasteiger partial charge in [0.15, 0.2) is 11.2 Å². The summed E-state index contributed by atoms with van der Waals surface area (Å²) in [7, 11) is 1.61. The lowest BCUT2D eigenvalue weighted by atomic mass is 10.2. The fourth-order valence-electron chi connectivity index (χ4n) is 2.82. The average Bonchev–Trinajstić information content (AvgIpc) is 3.10. The molecular weight excluding hydrogens is 366 g/mol. The topological polar surface area (TPSA) is 74.8 Å². The van der Waals surface area contributed by atoms with E-state index in [4.69, 9.17) is 16.3 Å². The number of hydrogen-bond donors (Lipinski definition) is 0. The third-order valence-corrected chi connectivity index (χ3v) is 4.65. The van der Waals surface area contributed by atoms with Crippen molar-refractivity contribution in [2.45, 2.75) is 13.1 Å². The lowest BCUT2D eigenvalue weighted by molar-refractivity contribution is 0.414. The number of aromatic nitrogens is 5. The third-order valence-electron chi connectivity index (χ3n) is 4.28. The van der Waals surface area contributed by atoms with Crippen molar-refractivity contribution in [2.24, 2.45) is 0 Å². The first-order valence-electron chi connectivity index (χ1n) is 8.30. The van der Waals surface area contributed by atoms with Crippen LogP contribution in [0.1, 0.15) is 11.1 Å². The molecule has 0 saturated carbocycles. The first-order chi connectivity index (χ1) is 13.2. The number of halogens is 1. The lowest BCUT2D eigenvalue weighted by Crippen LogP contribution is -2.21. The Morgan fingerprint density at radius 3 is 2.59 bits per heavy atom. The van der Waals surface area contributed by atoms with Gasteiger partial charge in [-0.3, -0.25) is 9.36 Å². The molecule has 0 unspecified atom stereocenters. The molecule has 4 rings (SSSR count). The second kappa shape index (κ2) is 7.20. The summed E-state index contributed by atoms with van der Waals surface area (Å²) in [4.78, 5) is 17.1. The Labute approximate surface area is 159 Å². The van der Waals surface area contributed by atoms with Crippen molar-refractivity contribution in [3.8, 4) is 5.75 Å². The third kappa shape index (κ3) is 3.41. The molecule has 0 fully saturated rings. The van der Waals surface area contributed by atoms with Crippen LogP contribution in [0.4, 0.5) is 0 Å².